The molecule has 0 bridgehead atoms. The first-order chi connectivity index (χ1) is 13.0. The summed E-state index contributed by atoms with van der Waals surface area (Å²) in [5.41, 5.74) is 0.619. The number of piperazine rings is 1. The molecule has 0 saturated carbocycles. The molecule has 1 amide bonds. The highest BCUT2D eigenvalue weighted by molar-refractivity contribution is 5.81. The van der Waals surface area contributed by atoms with E-state index >= 15 is 0 Å². The molecule has 0 N–H and O–H groups in total. The summed E-state index contributed by atoms with van der Waals surface area (Å²) in [5, 5.41) is 11.0. The second kappa shape index (κ2) is 7.12. The monoisotopic (exact) mass is 376 g/mol. The number of nitrogens with zero attached hydrogens (tertiary/aromatic N) is 4. The maximum atomic E-state index is 12.4. The Bertz CT molecular complexity index is 921. The first-order valence-electron chi connectivity index (χ1n) is 8.93. The summed E-state index contributed by atoms with van der Waals surface area (Å²) >= 11 is 0. The van der Waals surface area contributed by atoms with E-state index in [0.717, 1.165) is 12.8 Å². The van der Waals surface area contributed by atoms with Gasteiger partial charge in [-0.3, -0.25) is 24.4 Å². The van der Waals surface area contributed by atoms with Crippen LogP contribution in [0, 0.1) is 10.1 Å². The van der Waals surface area contributed by atoms with Crippen LogP contribution in [0.2, 0.25) is 0 Å². The molecule has 2 aliphatic heterocycles. The minimum Gasteiger partial charge on any atom is -0.408 e. The maximum absolute atomic E-state index is 12.4. The van der Waals surface area contributed by atoms with Crippen LogP contribution in [-0.4, -0.2) is 64.1 Å². The van der Waals surface area contributed by atoms with Gasteiger partial charge in [0.05, 0.1) is 17.1 Å². The molecule has 2 fully saturated rings. The van der Waals surface area contributed by atoms with Crippen LogP contribution < -0.4 is 5.76 Å². The number of amides is 1. The number of nitro groups is 1. The Morgan fingerprint density at radius 2 is 2.04 bits per heavy atom. The number of non-ortho nitro benzene ring substituents is 1. The maximum Gasteiger partial charge on any atom is 0.421 e. The summed E-state index contributed by atoms with van der Waals surface area (Å²) in [7, 11) is 0. The zero-order valence-corrected chi connectivity index (χ0v) is 14.7. The molecule has 2 saturated heterocycles. The van der Waals surface area contributed by atoms with Gasteiger partial charge in [0.2, 0.25) is 0 Å². The van der Waals surface area contributed by atoms with Gasteiger partial charge >= 0.3 is 5.76 Å². The third-order valence-corrected chi connectivity index (χ3v) is 5.09. The molecular weight excluding hydrogens is 356 g/mol. The lowest BCUT2D eigenvalue weighted by molar-refractivity contribution is -0.384. The molecule has 2 aromatic rings. The predicted molar refractivity (Wildman–Crippen MR) is 94.3 cm³/mol. The number of nitro benzene ring substituents is 1. The lowest BCUT2D eigenvalue weighted by Crippen LogP contribution is -2.51. The molecule has 0 aliphatic carbocycles. The van der Waals surface area contributed by atoms with Crippen LogP contribution in [0.3, 0.4) is 0 Å². The van der Waals surface area contributed by atoms with Crippen LogP contribution in [0.1, 0.15) is 12.8 Å². The standard InChI is InChI=1S/C17H20N4O6/c22-16(15-2-1-9-26-15)19-7-5-18(6-8-19)11-20-13-10-12(21(24)25)3-4-14(13)27-17(20)23/h3-4,10,15H,1-2,5-9,11H2/t15-/m1/s1. The molecule has 1 atom stereocenters. The molecule has 1 aromatic heterocycles. The average molecular weight is 376 g/mol. The molecule has 10 heteroatoms. The fraction of sp³-hybridized carbons (Fsp3) is 0.529. The summed E-state index contributed by atoms with van der Waals surface area (Å²) in [5.74, 6) is -0.517. The predicted octanol–water partition coefficient (Wildman–Crippen LogP) is 0.783. The van der Waals surface area contributed by atoms with Crippen molar-refractivity contribution in [3.05, 3.63) is 38.9 Å². The second-order valence-electron chi connectivity index (χ2n) is 6.79. The zero-order chi connectivity index (χ0) is 19.0. The van der Waals surface area contributed by atoms with Gasteiger partial charge < -0.3 is 14.1 Å². The third kappa shape index (κ3) is 3.45. The van der Waals surface area contributed by atoms with Gasteiger partial charge in [0.15, 0.2) is 5.58 Å². The van der Waals surface area contributed by atoms with E-state index in [4.69, 9.17) is 9.15 Å². The Morgan fingerprint density at radius 1 is 1.26 bits per heavy atom. The van der Waals surface area contributed by atoms with Crippen LogP contribution in [0.5, 0.6) is 0 Å². The number of ether oxygens (including phenoxy) is 1. The first kappa shape index (κ1) is 17.7. The van der Waals surface area contributed by atoms with Crippen LogP contribution in [0.4, 0.5) is 5.69 Å². The number of rotatable bonds is 4. The van der Waals surface area contributed by atoms with Gasteiger partial charge in [-0.2, -0.15) is 0 Å². The minimum atomic E-state index is -0.552. The van der Waals surface area contributed by atoms with Crippen molar-refractivity contribution in [2.24, 2.45) is 0 Å². The molecule has 3 heterocycles. The van der Waals surface area contributed by atoms with Gasteiger partial charge in [-0.05, 0) is 18.9 Å². The molecule has 0 unspecified atom stereocenters. The van der Waals surface area contributed by atoms with E-state index in [2.05, 4.69) is 0 Å². The molecule has 10 nitrogen and oxygen atoms in total. The van der Waals surface area contributed by atoms with E-state index in [-0.39, 0.29) is 24.4 Å². The SMILES string of the molecule is O=C([C@H]1CCCO1)N1CCN(Cn2c(=O)oc3ccc([N+](=O)[O-])cc32)CC1. The topological polar surface area (TPSA) is 111 Å². The highest BCUT2D eigenvalue weighted by Crippen LogP contribution is 2.21. The van der Waals surface area contributed by atoms with Crippen LogP contribution in [0.25, 0.3) is 11.1 Å². The summed E-state index contributed by atoms with van der Waals surface area (Å²) in [6, 6.07) is 4.09. The van der Waals surface area contributed by atoms with Crippen LogP contribution in [-0.2, 0) is 16.2 Å². The van der Waals surface area contributed by atoms with Crippen LogP contribution >= 0.6 is 0 Å². The number of hydrogen-bond acceptors (Lipinski definition) is 7. The number of aromatic nitrogens is 1. The van der Waals surface area contributed by atoms with Crippen molar-refractivity contribution < 1.29 is 18.9 Å². The molecule has 144 valence electrons. The normalized spacial score (nSPS) is 21.0. The summed E-state index contributed by atoms with van der Waals surface area (Å²) in [6.07, 6.45) is 1.37. The number of carbonyl (C=O) groups excluding carboxylic acids is 1. The van der Waals surface area contributed by atoms with Crippen molar-refractivity contribution in [1.82, 2.24) is 14.4 Å². The highest BCUT2D eigenvalue weighted by atomic mass is 16.6. The first-order valence-corrected chi connectivity index (χ1v) is 8.93. The lowest BCUT2D eigenvalue weighted by atomic mass is 10.2. The molecule has 1 aromatic carbocycles. The number of benzene rings is 1. The fourth-order valence-electron chi connectivity index (χ4n) is 3.58. The van der Waals surface area contributed by atoms with Crippen molar-refractivity contribution in [3.8, 4) is 0 Å². The number of hydrogen-bond donors (Lipinski definition) is 0. The smallest absolute Gasteiger partial charge is 0.408 e. The molecule has 0 radical (unpaired) electrons. The second-order valence-corrected chi connectivity index (χ2v) is 6.79. The van der Waals surface area contributed by atoms with Crippen molar-refractivity contribution in [2.75, 3.05) is 32.8 Å². The lowest BCUT2D eigenvalue weighted by Gasteiger charge is -2.35. The van der Waals surface area contributed by atoms with Crippen molar-refractivity contribution in [1.29, 1.82) is 0 Å². The molecule has 27 heavy (non-hydrogen) atoms. The largest absolute Gasteiger partial charge is 0.421 e. The van der Waals surface area contributed by atoms with E-state index in [1.165, 1.54) is 22.8 Å². The minimum absolute atomic E-state index is 0.0358. The van der Waals surface area contributed by atoms with Crippen LogP contribution in [0.15, 0.2) is 27.4 Å². The molecular formula is C17H20N4O6. The Balaban J connectivity index is 1.45. The summed E-state index contributed by atoms with van der Waals surface area (Å²) in [6.45, 7) is 3.22. The Hall–Kier alpha value is -2.72. The van der Waals surface area contributed by atoms with Gasteiger partial charge in [-0.25, -0.2) is 4.79 Å². The quantitative estimate of drug-likeness (QED) is 0.573. The van der Waals surface area contributed by atoms with Gasteiger partial charge in [0, 0.05) is 44.9 Å². The van der Waals surface area contributed by atoms with Gasteiger partial charge in [0.25, 0.3) is 11.6 Å². The zero-order valence-electron chi connectivity index (χ0n) is 14.7. The molecule has 4 rings (SSSR count). The third-order valence-electron chi connectivity index (χ3n) is 5.09. The highest BCUT2D eigenvalue weighted by Gasteiger charge is 2.30. The number of oxazole rings is 1. The van der Waals surface area contributed by atoms with E-state index in [9.17, 15) is 19.7 Å². The number of fused-ring (bicyclic) bond motifs is 1. The van der Waals surface area contributed by atoms with E-state index in [1.807, 2.05) is 4.90 Å². The molecule has 2 aliphatic rings. The van der Waals surface area contributed by atoms with E-state index < -0.39 is 10.7 Å². The fourth-order valence-corrected chi connectivity index (χ4v) is 3.58. The van der Waals surface area contributed by atoms with Crippen molar-refractivity contribution >= 4 is 22.7 Å². The van der Waals surface area contributed by atoms with Crippen molar-refractivity contribution in [2.45, 2.75) is 25.6 Å². The Kier molecular flexibility index (Phi) is 4.66. The van der Waals surface area contributed by atoms with E-state index in [0.29, 0.717) is 43.9 Å². The Morgan fingerprint density at radius 3 is 2.70 bits per heavy atom. The van der Waals surface area contributed by atoms with E-state index in [1.54, 1.807) is 4.90 Å². The van der Waals surface area contributed by atoms with Crippen molar-refractivity contribution in [3.63, 3.8) is 0 Å². The van der Waals surface area contributed by atoms with Gasteiger partial charge in [-0.15, -0.1) is 0 Å². The van der Waals surface area contributed by atoms with Gasteiger partial charge in [-0.1, -0.05) is 0 Å². The van der Waals surface area contributed by atoms with Gasteiger partial charge in [0.1, 0.15) is 6.10 Å². The molecule has 0 spiro atoms. The average Bonchev–Trinajstić information content (AvgIpc) is 3.30. The Labute approximate surface area is 154 Å². The summed E-state index contributed by atoms with van der Waals surface area (Å²) < 4.78 is 12.0. The summed E-state index contributed by atoms with van der Waals surface area (Å²) in [4.78, 5) is 38.9. The number of carbonyl (C=O) groups is 1.